The third-order valence-electron chi connectivity index (χ3n) is 3.19. The quantitative estimate of drug-likeness (QED) is 0.686. The number of hydrogen-bond acceptors (Lipinski definition) is 4. The van der Waals surface area contributed by atoms with Gasteiger partial charge < -0.3 is 10.1 Å². The van der Waals surface area contributed by atoms with Crippen LogP contribution in [0.3, 0.4) is 0 Å². The van der Waals surface area contributed by atoms with E-state index in [-0.39, 0.29) is 16.1 Å². The van der Waals surface area contributed by atoms with Crippen molar-refractivity contribution in [3.8, 4) is 0 Å². The van der Waals surface area contributed by atoms with Crippen molar-refractivity contribution >= 4 is 27.3 Å². The van der Waals surface area contributed by atoms with E-state index < -0.39 is 0 Å². The fourth-order valence-electron chi connectivity index (χ4n) is 2.03. The number of ether oxygens (including phenoxy) is 1. The van der Waals surface area contributed by atoms with E-state index in [1.807, 2.05) is 0 Å². The van der Waals surface area contributed by atoms with Crippen molar-refractivity contribution in [1.82, 2.24) is 0 Å². The summed E-state index contributed by atoms with van der Waals surface area (Å²) >= 11 is 3.25. The smallest absolute Gasteiger partial charge is 0.293 e. The molecule has 1 N–H and O–H groups in total. The molecule has 0 unspecified atom stereocenters. The molecular weight excluding hydrogens is 300 g/mol. The predicted octanol–water partition coefficient (Wildman–Crippen LogP) is 3.34. The number of nitro benzene ring substituents is 1. The molecule has 1 saturated heterocycles. The normalized spacial score (nSPS) is 18.3. The van der Waals surface area contributed by atoms with Crippen LogP contribution in [0.1, 0.15) is 19.8 Å². The number of hydrogen-bond donors (Lipinski definition) is 1. The summed E-state index contributed by atoms with van der Waals surface area (Å²) in [5.41, 5.74) is 0.515. The zero-order chi connectivity index (χ0) is 13.2. The van der Waals surface area contributed by atoms with Gasteiger partial charge in [-0.3, -0.25) is 10.1 Å². The van der Waals surface area contributed by atoms with Crippen molar-refractivity contribution in [1.29, 1.82) is 0 Å². The van der Waals surface area contributed by atoms with Crippen molar-refractivity contribution in [3.63, 3.8) is 0 Å². The van der Waals surface area contributed by atoms with Gasteiger partial charge in [-0.25, -0.2) is 0 Å². The second kappa shape index (κ2) is 5.24. The van der Waals surface area contributed by atoms with Gasteiger partial charge in [0.2, 0.25) is 0 Å². The van der Waals surface area contributed by atoms with Crippen LogP contribution in [-0.4, -0.2) is 23.7 Å². The molecule has 1 aromatic rings. The topological polar surface area (TPSA) is 64.4 Å². The zero-order valence-corrected chi connectivity index (χ0v) is 11.7. The second-order valence-corrected chi connectivity index (χ2v) is 5.63. The first-order valence-corrected chi connectivity index (χ1v) is 6.59. The molecule has 0 aromatic heterocycles. The minimum Gasteiger partial charge on any atom is -0.381 e. The fraction of sp³-hybridized carbons (Fsp3) is 0.500. The Kier molecular flexibility index (Phi) is 3.87. The van der Waals surface area contributed by atoms with Gasteiger partial charge >= 0.3 is 0 Å². The average molecular weight is 315 g/mol. The lowest BCUT2D eigenvalue weighted by molar-refractivity contribution is -0.384. The van der Waals surface area contributed by atoms with Gasteiger partial charge in [-0.1, -0.05) is 15.9 Å². The average Bonchev–Trinajstić information content (AvgIpc) is 2.32. The van der Waals surface area contributed by atoms with Gasteiger partial charge in [0, 0.05) is 29.3 Å². The summed E-state index contributed by atoms with van der Waals surface area (Å²) in [7, 11) is 0. The largest absolute Gasteiger partial charge is 0.381 e. The fourth-order valence-corrected chi connectivity index (χ4v) is 2.38. The Morgan fingerprint density at radius 1 is 1.44 bits per heavy atom. The monoisotopic (exact) mass is 314 g/mol. The first-order chi connectivity index (χ1) is 8.50. The van der Waals surface area contributed by atoms with E-state index in [2.05, 4.69) is 28.2 Å². The van der Waals surface area contributed by atoms with Crippen LogP contribution in [0.2, 0.25) is 0 Å². The maximum Gasteiger partial charge on any atom is 0.293 e. The summed E-state index contributed by atoms with van der Waals surface area (Å²) in [5.74, 6) is 0. The molecule has 0 amide bonds. The van der Waals surface area contributed by atoms with E-state index in [1.54, 1.807) is 12.1 Å². The van der Waals surface area contributed by atoms with Crippen LogP contribution in [0.4, 0.5) is 11.4 Å². The van der Waals surface area contributed by atoms with Crippen LogP contribution >= 0.6 is 15.9 Å². The van der Waals surface area contributed by atoms with Gasteiger partial charge in [-0.05, 0) is 31.9 Å². The Morgan fingerprint density at radius 2 is 2.11 bits per heavy atom. The minimum absolute atomic E-state index is 0.0945. The van der Waals surface area contributed by atoms with Crippen molar-refractivity contribution in [2.75, 3.05) is 18.5 Å². The summed E-state index contributed by atoms with van der Waals surface area (Å²) in [6.07, 6.45) is 1.69. The third kappa shape index (κ3) is 3.00. The van der Waals surface area contributed by atoms with Gasteiger partial charge in [0.15, 0.2) is 0 Å². The Balaban J connectivity index is 2.25. The van der Waals surface area contributed by atoms with Crippen LogP contribution in [-0.2, 0) is 4.74 Å². The lowest BCUT2D eigenvalue weighted by atomic mass is 9.92. The maximum atomic E-state index is 11.0. The lowest BCUT2D eigenvalue weighted by Gasteiger charge is -2.35. The molecule has 18 heavy (non-hydrogen) atoms. The molecule has 6 heteroatoms. The number of rotatable bonds is 3. The molecule has 0 atom stereocenters. The predicted molar refractivity (Wildman–Crippen MR) is 72.9 cm³/mol. The second-order valence-electron chi connectivity index (χ2n) is 4.72. The molecule has 0 bridgehead atoms. The number of halogens is 1. The molecule has 1 aliphatic rings. The van der Waals surface area contributed by atoms with Crippen molar-refractivity contribution < 1.29 is 9.66 Å². The maximum absolute atomic E-state index is 11.0. The first kappa shape index (κ1) is 13.3. The van der Waals surface area contributed by atoms with Gasteiger partial charge in [-0.2, -0.15) is 0 Å². The summed E-state index contributed by atoms with van der Waals surface area (Å²) in [6, 6.07) is 5.06. The van der Waals surface area contributed by atoms with Crippen LogP contribution in [0.15, 0.2) is 22.7 Å². The van der Waals surface area contributed by atoms with Gasteiger partial charge in [0.05, 0.1) is 4.92 Å². The van der Waals surface area contributed by atoms with Crippen molar-refractivity contribution in [2.45, 2.75) is 25.3 Å². The minimum atomic E-state index is -0.365. The highest BCUT2D eigenvalue weighted by molar-refractivity contribution is 9.10. The molecule has 1 aliphatic heterocycles. The SMILES string of the molecule is CC1(Nc2ccc(Br)cc2[N+](=O)[O-])CCOCC1. The Labute approximate surface area is 114 Å². The highest BCUT2D eigenvalue weighted by Gasteiger charge is 2.29. The van der Waals surface area contributed by atoms with Gasteiger partial charge in [-0.15, -0.1) is 0 Å². The molecule has 2 rings (SSSR count). The molecule has 0 radical (unpaired) electrons. The molecular formula is C12H15BrN2O3. The Morgan fingerprint density at radius 3 is 2.72 bits per heavy atom. The highest BCUT2D eigenvalue weighted by atomic mass is 79.9. The zero-order valence-electron chi connectivity index (χ0n) is 10.1. The molecule has 0 saturated carbocycles. The number of nitrogens with zero attached hydrogens (tertiary/aromatic N) is 1. The van der Waals surface area contributed by atoms with Crippen LogP contribution in [0, 0.1) is 10.1 Å². The molecule has 0 aliphatic carbocycles. The summed E-state index contributed by atoms with van der Waals surface area (Å²) in [6.45, 7) is 3.45. The summed E-state index contributed by atoms with van der Waals surface area (Å²) < 4.78 is 6.02. The molecule has 1 aromatic carbocycles. The Hall–Kier alpha value is -1.14. The standard InChI is InChI=1S/C12H15BrN2O3/c1-12(4-6-18-7-5-12)14-10-3-2-9(13)8-11(10)15(16)17/h2-3,8,14H,4-7H2,1H3. The molecule has 1 fully saturated rings. The van der Waals surface area contributed by atoms with Crippen molar-refractivity contribution in [2.24, 2.45) is 0 Å². The summed E-state index contributed by atoms with van der Waals surface area (Å²) in [5, 5.41) is 14.3. The van der Waals surface area contributed by atoms with Crippen LogP contribution in [0.25, 0.3) is 0 Å². The van der Waals surface area contributed by atoms with E-state index in [9.17, 15) is 10.1 Å². The number of anilines is 1. The number of benzene rings is 1. The van der Waals surface area contributed by atoms with E-state index in [1.165, 1.54) is 6.07 Å². The molecule has 1 heterocycles. The van der Waals surface area contributed by atoms with E-state index in [0.717, 1.165) is 12.8 Å². The number of nitro groups is 1. The lowest BCUT2D eigenvalue weighted by Crippen LogP contribution is -2.40. The van der Waals surface area contributed by atoms with E-state index in [4.69, 9.17) is 4.74 Å². The van der Waals surface area contributed by atoms with E-state index in [0.29, 0.717) is 23.4 Å². The Bertz CT molecular complexity index is 459. The van der Waals surface area contributed by atoms with Crippen molar-refractivity contribution in [3.05, 3.63) is 32.8 Å². The van der Waals surface area contributed by atoms with Gasteiger partial charge in [0.1, 0.15) is 5.69 Å². The first-order valence-electron chi connectivity index (χ1n) is 5.80. The third-order valence-corrected chi connectivity index (χ3v) is 3.68. The molecule has 98 valence electrons. The van der Waals surface area contributed by atoms with E-state index >= 15 is 0 Å². The van der Waals surface area contributed by atoms with Gasteiger partial charge in [0.25, 0.3) is 5.69 Å². The van der Waals surface area contributed by atoms with Crippen LogP contribution in [0.5, 0.6) is 0 Å². The van der Waals surface area contributed by atoms with Crippen LogP contribution < -0.4 is 5.32 Å². The highest BCUT2D eigenvalue weighted by Crippen LogP contribution is 2.33. The summed E-state index contributed by atoms with van der Waals surface area (Å²) in [4.78, 5) is 10.7. The number of nitrogens with one attached hydrogen (secondary N) is 1. The molecule has 5 nitrogen and oxygen atoms in total. The molecule has 0 spiro atoms.